The molecule has 0 fully saturated rings. The van der Waals surface area contributed by atoms with Crippen molar-refractivity contribution in [2.45, 2.75) is 13.3 Å². The predicted octanol–water partition coefficient (Wildman–Crippen LogP) is 3.35. The zero-order valence-electron chi connectivity index (χ0n) is 16.1. The molecule has 0 heterocycles. The van der Waals surface area contributed by atoms with Crippen molar-refractivity contribution in [2.75, 3.05) is 18.5 Å². The summed E-state index contributed by atoms with van der Waals surface area (Å²) in [6.07, 6.45) is 1.51. The number of amides is 2. The average Bonchev–Trinajstić information content (AvgIpc) is 2.76. The number of benzene rings is 3. The molecule has 2 amide bonds. The van der Waals surface area contributed by atoms with Crippen molar-refractivity contribution in [2.24, 2.45) is 0 Å². The van der Waals surface area contributed by atoms with Gasteiger partial charge >= 0.3 is 0 Å². The molecule has 0 saturated carbocycles. The van der Waals surface area contributed by atoms with Crippen LogP contribution in [0.4, 0.5) is 5.69 Å². The van der Waals surface area contributed by atoms with E-state index in [-0.39, 0.29) is 19.1 Å². The van der Waals surface area contributed by atoms with Crippen LogP contribution in [0.25, 0.3) is 10.8 Å². The highest BCUT2D eigenvalue weighted by Crippen LogP contribution is 2.26. The maximum Gasteiger partial charge on any atom is 0.258 e. The summed E-state index contributed by atoms with van der Waals surface area (Å²) in [6.45, 7) is 1.54. The second kappa shape index (κ2) is 9.50. The van der Waals surface area contributed by atoms with Crippen molar-refractivity contribution in [1.29, 1.82) is 0 Å². The third-order valence-corrected chi connectivity index (χ3v) is 4.53. The van der Waals surface area contributed by atoms with Gasteiger partial charge in [0, 0.05) is 5.69 Å². The predicted molar refractivity (Wildman–Crippen MR) is 112 cm³/mol. The Kier molecular flexibility index (Phi) is 6.58. The van der Waals surface area contributed by atoms with Gasteiger partial charge < -0.3 is 15.4 Å². The standard InChI is InChI=1S/C23H22N2O4/c1-2-16-7-4-6-10-20(16)25-22(27)13-24-23(28)15-29-21-12-11-17-8-3-5-9-18(17)19(21)14-26/h3-12,14H,2,13,15H2,1H3,(H,24,28)(H,25,27). The second-order valence-electron chi connectivity index (χ2n) is 6.44. The van der Waals surface area contributed by atoms with Crippen LogP contribution in [0.2, 0.25) is 0 Å². The summed E-state index contributed by atoms with van der Waals surface area (Å²) >= 11 is 0. The third kappa shape index (κ3) is 4.99. The lowest BCUT2D eigenvalue weighted by Gasteiger charge is -2.12. The number of hydrogen-bond acceptors (Lipinski definition) is 4. The van der Waals surface area contributed by atoms with Crippen LogP contribution in [-0.2, 0) is 16.0 Å². The topological polar surface area (TPSA) is 84.5 Å². The number of fused-ring (bicyclic) bond motifs is 1. The molecule has 0 saturated heterocycles. The summed E-state index contributed by atoms with van der Waals surface area (Å²) in [5, 5.41) is 6.98. The summed E-state index contributed by atoms with van der Waals surface area (Å²) in [7, 11) is 0. The van der Waals surface area contributed by atoms with Crippen LogP contribution < -0.4 is 15.4 Å². The average molecular weight is 390 g/mol. The van der Waals surface area contributed by atoms with Crippen molar-refractivity contribution in [3.63, 3.8) is 0 Å². The maximum atomic E-state index is 12.1. The van der Waals surface area contributed by atoms with Crippen LogP contribution in [-0.4, -0.2) is 31.3 Å². The Hall–Kier alpha value is -3.67. The monoisotopic (exact) mass is 390 g/mol. The number of hydrogen-bond donors (Lipinski definition) is 2. The lowest BCUT2D eigenvalue weighted by Crippen LogP contribution is -2.36. The van der Waals surface area contributed by atoms with Crippen molar-refractivity contribution >= 4 is 34.6 Å². The zero-order chi connectivity index (χ0) is 20.6. The van der Waals surface area contributed by atoms with E-state index in [1.807, 2.05) is 61.5 Å². The molecule has 0 aliphatic rings. The molecule has 148 valence electrons. The molecule has 2 N–H and O–H groups in total. The molecule has 0 aromatic heterocycles. The van der Waals surface area contributed by atoms with Gasteiger partial charge in [0.2, 0.25) is 5.91 Å². The smallest absolute Gasteiger partial charge is 0.258 e. The minimum absolute atomic E-state index is 0.168. The third-order valence-electron chi connectivity index (χ3n) is 4.53. The molecule has 6 nitrogen and oxygen atoms in total. The zero-order valence-corrected chi connectivity index (χ0v) is 16.1. The van der Waals surface area contributed by atoms with Crippen LogP contribution in [0, 0.1) is 0 Å². The number of aryl methyl sites for hydroxylation is 1. The fourth-order valence-corrected chi connectivity index (χ4v) is 3.04. The molecule has 3 aromatic carbocycles. The second-order valence-corrected chi connectivity index (χ2v) is 6.44. The van der Waals surface area contributed by atoms with Gasteiger partial charge in [0.05, 0.1) is 12.1 Å². The van der Waals surface area contributed by atoms with E-state index in [4.69, 9.17) is 4.74 Å². The molecule has 3 rings (SSSR count). The Bertz CT molecular complexity index is 1050. The molecule has 6 heteroatoms. The van der Waals surface area contributed by atoms with Crippen molar-refractivity contribution < 1.29 is 19.1 Å². The summed E-state index contributed by atoms with van der Waals surface area (Å²) in [5.74, 6) is -0.442. The summed E-state index contributed by atoms with van der Waals surface area (Å²) in [4.78, 5) is 35.6. The van der Waals surface area contributed by atoms with Gasteiger partial charge in [-0.3, -0.25) is 14.4 Å². The minimum Gasteiger partial charge on any atom is -0.483 e. The molecule has 3 aromatic rings. The first-order valence-electron chi connectivity index (χ1n) is 9.36. The Balaban J connectivity index is 1.54. The largest absolute Gasteiger partial charge is 0.483 e. The van der Waals surface area contributed by atoms with E-state index < -0.39 is 5.91 Å². The minimum atomic E-state index is -0.450. The molecule has 0 atom stereocenters. The number of carbonyl (C=O) groups is 3. The summed E-state index contributed by atoms with van der Waals surface area (Å²) < 4.78 is 5.51. The highest BCUT2D eigenvalue weighted by molar-refractivity contribution is 6.01. The number of carbonyl (C=O) groups excluding carboxylic acids is 3. The van der Waals surface area contributed by atoms with E-state index in [9.17, 15) is 14.4 Å². The van der Waals surface area contributed by atoms with Gasteiger partial charge in [0.25, 0.3) is 5.91 Å². The molecule has 0 aliphatic heterocycles. The molecule has 0 unspecified atom stereocenters. The van der Waals surface area contributed by atoms with Gasteiger partial charge in [-0.15, -0.1) is 0 Å². The fourth-order valence-electron chi connectivity index (χ4n) is 3.04. The molecule has 0 bridgehead atoms. The van der Waals surface area contributed by atoms with Crippen LogP contribution in [0.15, 0.2) is 60.7 Å². The fraction of sp³-hybridized carbons (Fsp3) is 0.174. The van der Waals surface area contributed by atoms with E-state index in [1.165, 1.54) is 0 Å². The quantitative estimate of drug-likeness (QED) is 0.578. The number of aldehydes is 1. The summed E-state index contributed by atoms with van der Waals surface area (Å²) in [5.41, 5.74) is 2.15. The van der Waals surface area contributed by atoms with Gasteiger partial charge in [0.1, 0.15) is 5.75 Å². The Morgan fingerprint density at radius 3 is 2.52 bits per heavy atom. The van der Waals surface area contributed by atoms with Crippen LogP contribution in [0.5, 0.6) is 5.75 Å². The SMILES string of the molecule is CCc1ccccc1NC(=O)CNC(=O)COc1ccc2ccccc2c1C=O. The molecular weight excluding hydrogens is 368 g/mol. The van der Waals surface area contributed by atoms with E-state index in [0.29, 0.717) is 17.6 Å². The van der Waals surface area contributed by atoms with Crippen molar-refractivity contribution in [1.82, 2.24) is 5.32 Å². The molecule has 0 spiro atoms. The number of rotatable bonds is 8. The molecular formula is C23H22N2O4. The highest BCUT2D eigenvalue weighted by Gasteiger charge is 2.11. The van der Waals surface area contributed by atoms with E-state index >= 15 is 0 Å². The lowest BCUT2D eigenvalue weighted by atomic mass is 10.0. The Morgan fingerprint density at radius 2 is 1.72 bits per heavy atom. The molecule has 0 radical (unpaired) electrons. The van der Waals surface area contributed by atoms with Crippen molar-refractivity contribution in [3.8, 4) is 5.75 Å². The van der Waals surface area contributed by atoms with Crippen LogP contribution >= 0.6 is 0 Å². The summed E-state index contributed by atoms with van der Waals surface area (Å²) in [6, 6.07) is 18.4. The lowest BCUT2D eigenvalue weighted by molar-refractivity contribution is -0.125. The molecule has 0 aliphatic carbocycles. The molecule has 29 heavy (non-hydrogen) atoms. The number of ether oxygens (including phenoxy) is 1. The van der Waals surface area contributed by atoms with Gasteiger partial charge in [-0.05, 0) is 34.9 Å². The number of nitrogens with one attached hydrogen (secondary N) is 2. The highest BCUT2D eigenvalue weighted by atomic mass is 16.5. The van der Waals surface area contributed by atoms with Crippen molar-refractivity contribution in [3.05, 3.63) is 71.8 Å². The van der Waals surface area contributed by atoms with Crippen LogP contribution in [0.3, 0.4) is 0 Å². The first-order valence-corrected chi connectivity index (χ1v) is 9.36. The van der Waals surface area contributed by atoms with Crippen LogP contribution in [0.1, 0.15) is 22.8 Å². The first kappa shape index (κ1) is 20.1. The van der Waals surface area contributed by atoms with Gasteiger partial charge in [-0.1, -0.05) is 55.5 Å². The van der Waals surface area contributed by atoms with Gasteiger partial charge in [-0.2, -0.15) is 0 Å². The Morgan fingerprint density at radius 1 is 0.966 bits per heavy atom. The van der Waals surface area contributed by atoms with E-state index in [1.54, 1.807) is 6.07 Å². The maximum absolute atomic E-state index is 12.1. The Labute approximate surface area is 168 Å². The normalized spacial score (nSPS) is 10.4. The number of para-hydroxylation sites is 1. The van der Waals surface area contributed by atoms with E-state index in [2.05, 4.69) is 10.6 Å². The van der Waals surface area contributed by atoms with Gasteiger partial charge in [0.15, 0.2) is 12.9 Å². The first-order chi connectivity index (χ1) is 14.1. The van der Waals surface area contributed by atoms with Gasteiger partial charge in [-0.25, -0.2) is 0 Å². The van der Waals surface area contributed by atoms with E-state index in [0.717, 1.165) is 28.4 Å². The number of anilines is 1.